The van der Waals surface area contributed by atoms with Crippen LogP contribution in [-0.2, 0) is 14.8 Å². The number of ether oxygens (including phenoxy) is 1. The van der Waals surface area contributed by atoms with E-state index < -0.39 is 10.0 Å². The molecule has 3 N–H and O–H groups in total. The summed E-state index contributed by atoms with van der Waals surface area (Å²) in [5.41, 5.74) is 7.22. The fourth-order valence-electron chi connectivity index (χ4n) is 3.69. The molecule has 2 unspecified atom stereocenters. The lowest BCUT2D eigenvalue weighted by molar-refractivity contribution is -0.108. The number of hydrogen-bond acceptors (Lipinski definition) is 6. The van der Waals surface area contributed by atoms with Crippen molar-refractivity contribution in [3.63, 3.8) is 0 Å². The molecule has 1 aliphatic rings. The first-order valence-corrected chi connectivity index (χ1v) is 11.3. The molecule has 160 valence electrons. The van der Waals surface area contributed by atoms with Crippen molar-refractivity contribution in [2.75, 3.05) is 43.6 Å². The fraction of sp³-hybridized carbons (Fsp3) is 0.611. The molecule has 28 heavy (non-hydrogen) atoms. The number of nitrogens with one attached hydrogen (secondary N) is 1. The Kier molecular flexibility index (Phi) is 9.83. The maximum absolute atomic E-state index is 11.4. The van der Waals surface area contributed by atoms with Crippen LogP contribution in [0.3, 0.4) is 0 Å². The Morgan fingerprint density at radius 1 is 1.36 bits per heavy atom. The molecule has 0 aliphatic carbocycles. The Morgan fingerprint density at radius 3 is 2.68 bits per heavy atom. The maximum atomic E-state index is 11.4. The summed E-state index contributed by atoms with van der Waals surface area (Å²) < 4.78 is 30.7. The first-order chi connectivity index (χ1) is 12.7. The van der Waals surface area contributed by atoms with E-state index in [9.17, 15) is 13.2 Å². The van der Waals surface area contributed by atoms with Crippen LogP contribution in [0.5, 0.6) is 5.75 Å². The molecule has 0 aromatic heterocycles. The van der Waals surface area contributed by atoms with E-state index in [-0.39, 0.29) is 18.3 Å². The fourth-order valence-corrected chi connectivity index (χ4v) is 4.33. The quantitative estimate of drug-likeness (QED) is 0.440. The standard InChI is InChI=1S/C18H28ClN3O4S.ClH/c1-26-18-11-16(20)15(19)10-17(18)22-8-6-13(4-3-9-23)14(12-22)5-7-21-27(2,24)25;/h9-11,13-14,21H,3-8,12,20H2,1-2H3;1H. The molecule has 1 fully saturated rings. The normalized spacial score (nSPS) is 19.8. The number of methoxy groups -OCH3 is 1. The van der Waals surface area contributed by atoms with Crippen LogP contribution in [0.4, 0.5) is 11.4 Å². The number of halogens is 2. The van der Waals surface area contributed by atoms with Crippen LogP contribution >= 0.6 is 24.0 Å². The summed E-state index contributed by atoms with van der Waals surface area (Å²) in [7, 11) is -1.62. The highest BCUT2D eigenvalue weighted by atomic mass is 35.5. The van der Waals surface area contributed by atoms with Gasteiger partial charge < -0.3 is 20.2 Å². The molecule has 0 bridgehead atoms. The molecule has 2 rings (SSSR count). The molecule has 0 saturated carbocycles. The van der Waals surface area contributed by atoms with Crippen LogP contribution in [0, 0.1) is 11.8 Å². The minimum atomic E-state index is -3.22. The number of benzene rings is 1. The molecule has 2 atom stereocenters. The molecule has 1 aromatic carbocycles. The Morgan fingerprint density at radius 2 is 2.07 bits per heavy atom. The number of carbonyl (C=O) groups excluding carboxylic acids is 1. The van der Waals surface area contributed by atoms with Gasteiger partial charge in [-0.05, 0) is 37.2 Å². The summed E-state index contributed by atoms with van der Waals surface area (Å²) in [5.74, 6) is 1.30. The van der Waals surface area contributed by atoms with E-state index in [1.54, 1.807) is 13.2 Å². The lowest BCUT2D eigenvalue weighted by Crippen LogP contribution is -2.42. The second kappa shape index (κ2) is 11.1. The maximum Gasteiger partial charge on any atom is 0.208 e. The zero-order chi connectivity index (χ0) is 20.0. The number of nitrogens with zero attached hydrogens (tertiary/aromatic N) is 1. The van der Waals surface area contributed by atoms with Gasteiger partial charge in [-0.25, -0.2) is 13.1 Å². The number of rotatable bonds is 9. The molecule has 0 spiro atoms. The highest BCUT2D eigenvalue weighted by Gasteiger charge is 2.30. The van der Waals surface area contributed by atoms with Gasteiger partial charge >= 0.3 is 0 Å². The molecule has 10 heteroatoms. The van der Waals surface area contributed by atoms with Crippen molar-refractivity contribution in [2.45, 2.75) is 25.7 Å². The minimum Gasteiger partial charge on any atom is -0.495 e. The van der Waals surface area contributed by atoms with Gasteiger partial charge in [-0.2, -0.15) is 0 Å². The van der Waals surface area contributed by atoms with Gasteiger partial charge in [-0.3, -0.25) is 0 Å². The van der Waals surface area contributed by atoms with Crippen LogP contribution in [0.15, 0.2) is 12.1 Å². The number of carbonyl (C=O) groups is 1. The third-order valence-corrected chi connectivity index (χ3v) is 6.12. The third-order valence-electron chi connectivity index (χ3n) is 5.06. The highest BCUT2D eigenvalue weighted by Crippen LogP contribution is 2.39. The van der Waals surface area contributed by atoms with Gasteiger partial charge in [0.05, 0.1) is 29.8 Å². The van der Waals surface area contributed by atoms with Crippen LogP contribution in [-0.4, -0.2) is 47.7 Å². The van der Waals surface area contributed by atoms with Crippen molar-refractivity contribution >= 4 is 51.7 Å². The van der Waals surface area contributed by atoms with Crippen molar-refractivity contribution in [1.82, 2.24) is 4.72 Å². The Labute approximate surface area is 178 Å². The molecule has 1 saturated heterocycles. The van der Waals surface area contributed by atoms with Gasteiger partial charge in [0.1, 0.15) is 12.0 Å². The van der Waals surface area contributed by atoms with E-state index in [0.717, 1.165) is 44.2 Å². The summed E-state index contributed by atoms with van der Waals surface area (Å²) in [5, 5.41) is 0.476. The third kappa shape index (κ3) is 6.99. The first kappa shape index (κ1) is 24.8. The smallest absolute Gasteiger partial charge is 0.208 e. The molecule has 1 aromatic rings. The Hall–Kier alpha value is -1.22. The molecule has 7 nitrogen and oxygen atoms in total. The lowest BCUT2D eigenvalue weighted by atomic mass is 9.80. The van der Waals surface area contributed by atoms with Crippen molar-refractivity contribution < 1.29 is 17.9 Å². The van der Waals surface area contributed by atoms with Crippen molar-refractivity contribution in [2.24, 2.45) is 11.8 Å². The predicted molar refractivity (Wildman–Crippen MR) is 116 cm³/mol. The molecule has 1 heterocycles. The van der Waals surface area contributed by atoms with Crippen LogP contribution in [0.25, 0.3) is 0 Å². The van der Waals surface area contributed by atoms with Crippen LogP contribution in [0.1, 0.15) is 25.7 Å². The number of aldehydes is 1. The SMILES string of the molecule is COc1cc(N)c(Cl)cc1N1CCC(CCC=O)C(CCNS(C)(=O)=O)C1.Cl. The number of anilines is 2. The van der Waals surface area contributed by atoms with Crippen LogP contribution < -0.4 is 20.1 Å². The van der Waals surface area contributed by atoms with E-state index >= 15 is 0 Å². The number of nitrogen functional groups attached to an aromatic ring is 1. The van der Waals surface area contributed by atoms with Gasteiger partial charge in [0.2, 0.25) is 10.0 Å². The van der Waals surface area contributed by atoms with Gasteiger partial charge in [-0.1, -0.05) is 11.6 Å². The summed E-state index contributed by atoms with van der Waals surface area (Å²) in [6, 6.07) is 3.53. The molecule has 1 aliphatic heterocycles. The Balaban J connectivity index is 0.00000392. The van der Waals surface area contributed by atoms with Crippen molar-refractivity contribution in [3.05, 3.63) is 17.2 Å². The molecule has 0 amide bonds. The first-order valence-electron chi connectivity index (χ1n) is 9.01. The summed E-state index contributed by atoms with van der Waals surface area (Å²) in [4.78, 5) is 13.0. The largest absolute Gasteiger partial charge is 0.495 e. The van der Waals surface area contributed by atoms with Gasteiger partial charge in [0, 0.05) is 32.1 Å². The van der Waals surface area contributed by atoms with Crippen molar-refractivity contribution in [1.29, 1.82) is 0 Å². The predicted octanol–water partition coefficient (Wildman–Crippen LogP) is 2.71. The number of nitrogens with two attached hydrogens (primary N) is 1. The minimum absolute atomic E-state index is 0. The van der Waals surface area contributed by atoms with Gasteiger partial charge in [0.25, 0.3) is 0 Å². The van der Waals surface area contributed by atoms with E-state index in [1.807, 2.05) is 6.07 Å². The number of piperidine rings is 1. The topological polar surface area (TPSA) is 102 Å². The highest BCUT2D eigenvalue weighted by molar-refractivity contribution is 7.88. The van der Waals surface area contributed by atoms with Gasteiger partial charge in [0.15, 0.2) is 0 Å². The van der Waals surface area contributed by atoms with Crippen molar-refractivity contribution in [3.8, 4) is 5.75 Å². The zero-order valence-corrected chi connectivity index (χ0v) is 18.6. The number of sulfonamides is 1. The zero-order valence-electron chi connectivity index (χ0n) is 16.2. The van der Waals surface area contributed by atoms with Crippen LogP contribution in [0.2, 0.25) is 5.02 Å². The van der Waals surface area contributed by atoms with E-state index in [4.69, 9.17) is 22.1 Å². The Bertz CT molecular complexity index is 761. The average molecular weight is 454 g/mol. The lowest BCUT2D eigenvalue weighted by Gasteiger charge is -2.40. The average Bonchev–Trinajstić information content (AvgIpc) is 2.61. The molecular weight excluding hydrogens is 425 g/mol. The van der Waals surface area contributed by atoms with E-state index in [1.165, 1.54) is 0 Å². The van der Waals surface area contributed by atoms with E-state index in [0.29, 0.717) is 41.8 Å². The van der Waals surface area contributed by atoms with Gasteiger partial charge in [-0.15, -0.1) is 12.4 Å². The second-order valence-corrected chi connectivity index (χ2v) is 9.24. The van der Waals surface area contributed by atoms with E-state index in [2.05, 4.69) is 9.62 Å². The second-order valence-electron chi connectivity index (χ2n) is 7.00. The molecular formula is C18H29Cl2N3O4S. The monoisotopic (exact) mass is 453 g/mol. The summed E-state index contributed by atoms with van der Waals surface area (Å²) in [6.45, 7) is 1.94. The molecule has 0 radical (unpaired) electrons. The number of hydrogen-bond donors (Lipinski definition) is 2. The summed E-state index contributed by atoms with van der Waals surface area (Å²) >= 11 is 6.21. The summed E-state index contributed by atoms with van der Waals surface area (Å²) in [6.07, 6.45) is 5.07.